The Morgan fingerprint density at radius 2 is 1.82 bits per heavy atom. The third kappa shape index (κ3) is 5.94. The van der Waals surface area contributed by atoms with Gasteiger partial charge >= 0.3 is 0 Å². The molecule has 2 heterocycles. The van der Waals surface area contributed by atoms with E-state index in [9.17, 15) is 9.59 Å². The molecule has 1 aliphatic heterocycles. The maximum Gasteiger partial charge on any atom is 0.254 e. The Morgan fingerprint density at radius 3 is 2.61 bits per heavy atom. The summed E-state index contributed by atoms with van der Waals surface area (Å²) in [7, 11) is 0. The van der Waals surface area contributed by atoms with Crippen LogP contribution in [-0.4, -0.2) is 40.9 Å². The summed E-state index contributed by atoms with van der Waals surface area (Å²) in [5.41, 5.74) is 15.7. The summed E-state index contributed by atoms with van der Waals surface area (Å²) in [6, 6.07) is 16.0. The van der Waals surface area contributed by atoms with Crippen molar-refractivity contribution in [3.05, 3.63) is 60.3 Å². The minimum atomic E-state index is -0.608. The molecular formula is C29H35N7O2. The van der Waals surface area contributed by atoms with E-state index in [0.717, 1.165) is 54.7 Å². The zero-order chi connectivity index (χ0) is 26.5. The Hall–Kier alpha value is -3.98. The van der Waals surface area contributed by atoms with Gasteiger partial charge < -0.3 is 27.0 Å². The molecule has 38 heavy (non-hydrogen) atoms. The number of piperidine rings is 1. The molecule has 1 saturated heterocycles. The Labute approximate surface area is 223 Å². The van der Waals surface area contributed by atoms with Crippen LogP contribution in [0.3, 0.4) is 0 Å². The van der Waals surface area contributed by atoms with Crippen LogP contribution in [0.25, 0.3) is 11.1 Å². The van der Waals surface area contributed by atoms with Gasteiger partial charge in [-0.25, -0.2) is 4.98 Å². The van der Waals surface area contributed by atoms with Gasteiger partial charge in [0.2, 0.25) is 11.9 Å². The van der Waals surface area contributed by atoms with E-state index in [1.165, 1.54) is 19.0 Å². The summed E-state index contributed by atoms with van der Waals surface area (Å²) >= 11 is 0. The monoisotopic (exact) mass is 513 g/mol. The molecule has 6 N–H and O–H groups in total. The SMILES string of the molecule is NC(=O)c1cnc(NCC2CCCC[C@@H]2N)nc1Nc1cccc(-c2cccc(N3CCCCC3=O)c2)c1. The van der Waals surface area contributed by atoms with Gasteiger partial charge in [0.1, 0.15) is 11.4 Å². The van der Waals surface area contributed by atoms with E-state index in [1.807, 2.05) is 53.4 Å². The minimum Gasteiger partial charge on any atom is -0.365 e. The Bertz CT molecular complexity index is 1310. The van der Waals surface area contributed by atoms with E-state index in [-0.39, 0.29) is 17.5 Å². The number of anilines is 4. The summed E-state index contributed by atoms with van der Waals surface area (Å²) in [5, 5.41) is 6.54. The van der Waals surface area contributed by atoms with Gasteiger partial charge in [-0.3, -0.25) is 9.59 Å². The minimum absolute atomic E-state index is 0.168. The number of carbonyl (C=O) groups is 2. The third-order valence-electron chi connectivity index (χ3n) is 7.48. The number of nitrogens with one attached hydrogen (secondary N) is 2. The van der Waals surface area contributed by atoms with Gasteiger partial charge in [0, 0.05) is 43.1 Å². The maximum atomic E-state index is 12.4. The molecule has 9 nitrogen and oxygen atoms in total. The summed E-state index contributed by atoms with van der Waals surface area (Å²) < 4.78 is 0. The second-order valence-electron chi connectivity index (χ2n) is 10.2. The van der Waals surface area contributed by atoms with Crippen molar-refractivity contribution in [1.29, 1.82) is 0 Å². The first-order valence-electron chi connectivity index (χ1n) is 13.4. The molecule has 1 unspecified atom stereocenters. The number of carbonyl (C=O) groups excluding carboxylic acids is 2. The van der Waals surface area contributed by atoms with Crippen molar-refractivity contribution in [2.45, 2.75) is 51.0 Å². The number of primary amides is 1. The summed E-state index contributed by atoms with van der Waals surface area (Å²) in [5.74, 6) is 0.690. The van der Waals surface area contributed by atoms with Gasteiger partial charge in [-0.1, -0.05) is 37.1 Å². The lowest BCUT2D eigenvalue weighted by molar-refractivity contribution is -0.119. The number of hydrogen-bond acceptors (Lipinski definition) is 7. The van der Waals surface area contributed by atoms with Crippen LogP contribution in [0.4, 0.5) is 23.1 Å². The number of rotatable bonds is 8. The molecule has 3 aromatic rings. The zero-order valence-corrected chi connectivity index (χ0v) is 21.5. The Balaban J connectivity index is 1.35. The van der Waals surface area contributed by atoms with Gasteiger partial charge in [-0.15, -0.1) is 0 Å². The summed E-state index contributed by atoms with van der Waals surface area (Å²) in [6.45, 7) is 1.43. The van der Waals surface area contributed by atoms with Crippen molar-refractivity contribution in [3.8, 4) is 11.1 Å². The van der Waals surface area contributed by atoms with Crippen molar-refractivity contribution < 1.29 is 9.59 Å². The second-order valence-corrected chi connectivity index (χ2v) is 10.2. The Kier molecular flexibility index (Phi) is 7.83. The van der Waals surface area contributed by atoms with E-state index < -0.39 is 5.91 Å². The maximum absolute atomic E-state index is 12.4. The first-order chi connectivity index (χ1) is 18.5. The standard InChI is InChI=1S/C29H35N7O2/c30-25-12-2-1-7-21(25)17-32-29-33-18-24(27(31)38)28(35-29)34-22-10-5-8-19(15-22)20-9-6-11-23(16-20)36-14-4-3-13-26(36)37/h5-6,8-11,15-16,18,21,25H,1-4,7,12-14,17,30H2,(H2,31,38)(H2,32,33,34,35)/t21?,25-/m0/s1. The molecular weight excluding hydrogens is 478 g/mol. The van der Waals surface area contributed by atoms with E-state index in [0.29, 0.717) is 30.6 Å². The molecule has 1 aromatic heterocycles. The van der Waals surface area contributed by atoms with E-state index in [4.69, 9.17) is 11.5 Å². The molecule has 1 saturated carbocycles. The lowest BCUT2D eigenvalue weighted by Gasteiger charge is -2.28. The van der Waals surface area contributed by atoms with Gasteiger partial charge in [0.15, 0.2) is 0 Å². The van der Waals surface area contributed by atoms with Gasteiger partial charge in [-0.05, 0) is 67.0 Å². The normalized spacial score (nSPS) is 19.7. The van der Waals surface area contributed by atoms with Crippen LogP contribution in [0.1, 0.15) is 55.3 Å². The van der Waals surface area contributed by atoms with Gasteiger partial charge in [0.05, 0.1) is 0 Å². The van der Waals surface area contributed by atoms with Crippen molar-refractivity contribution >= 4 is 35.0 Å². The molecule has 2 aliphatic rings. The topological polar surface area (TPSA) is 139 Å². The average molecular weight is 514 g/mol. The van der Waals surface area contributed by atoms with Gasteiger partial charge in [0.25, 0.3) is 5.91 Å². The number of aromatic nitrogens is 2. The molecule has 5 rings (SSSR count). The van der Waals surface area contributed by atoms with Crippen LogP contribution in [-0.2, 0) is 4.79 Å². The quantitative estimate of drug-likeness (QED) is 0.349. The lowest BCUT2D eigenvalue weighted by Crippen LogP contribution is -2.37. The van der Waals surface area contributed by atoms with Crippen LogP contribution in [0.2, 0.25) is 0 Å². The molecule has 0 bridgehead atoms. The van der Waals surface area contributed by atoms with Crippen molar-refractivity contribution in [1.82, 2.24) is 9.97 Å². The highest BCUT2D eigenvalue weighted by atomic mass is 16.2. The van der Waals surface area contributed by atoms with Crippen LogP contribution in [0.5, 0.6) is 0 Å². The third-order valence-corrected chi connectivity index (χ3v) is 7.48. The number of nitrogens with two attached hydrogens (primary N) is 2. The van der Waals surface area contributed by atoms with Gasteiger partial charge in [-0.2, -0.15) is 4.98 Å². The Morgan fingerprint density at radius 1 is 1.03 bits per heavy atom. The molecule has 0 spiro atoms. The van der Waals surface area contributed by atoms with Crippen LogP contribution >= 0.6 is 0 Å². The molecule has 2 fully saturated rings. The molecule has 9 heteroatoms. The fourth-order valence-electron chi connectivity index (χ4n) is 5.30. The molecule has 2 aromatic carbocycles. The predicted octanol–water partition coefficient (Wildman–Crippen LogP) is 4.43. The second kappa shape index (κ2) is 11.6. The van der Waals surface area contributed by atoms with E-state index >= 15 is 0 Å². The fourth-order valence-corrected chi connectivity index (χ4v) is 5.30. The van der Waals surface area contributed by atoms with Crippen molar-refractivity contribution in [2.24, 2.45) is 17.4 Å². The van der Waals surface area contributed by atoms with E-state index in [2.05, 4.69) is 20.6 Å². The molecule has 1 aliphatic carbocycles. The van der Waals surface area contributed by atoms with Crippen LogP contribution in [0, 0.1) is 5.92 Å². The fraction of sp³-hybridized carbons (Fsp3) is 0.379. The highest BCUT2D eigenvalue weighted by Gasteiger charge is 2.22. The number of benzene rings is 2. The molecule has 0 radical (unpaired) electrons. The largest absolute Gasteiger partial charge is 0.365 e. The van der Waals surface area contributed by atoms with Crippen LogP contribution < -0.4 is 27.0 Å². The first kappa shape index (κ1) is 25.7. The lowest BCUT2D eigenvalue weighted by atomic mass is 9.85. The smallest absolute Gasteiger partial charge is 0.254 e. The summed E-state index contributed by atoms with van der Waals surface area (Å²) in [6.07, 6.45) is 8.48. The van der Waals surface area contributed by atoms with Crippen molar-refractivity contribution in [2.75, 3.05) is 28.6 Å². The number of amides is 2. The van der Waals surface area contributed by atoms with Crippen molar-refractivity contribution in [3.63, 3.8) is 0 Å². The highest BCUT2D eigenvalue weighted by Crippen LogP contribution is 2.30. The number of nitrogens with zero attached hydrogens (tertiary/aromatic N) is 3. The molecule has 2 atom stereocenters. The average Bonchev–Trinajstić information content (AvgIpc) is 2.93. The first-order valence-corrected chi connectivity index (χ1v) is 13.4. The zero-order valence-electron chi connectivity index (χ0n) is 21.5. The molecule has 198 valence electrons. The van der Waals surface area contributed by atoms with E-state index in [1.54, 1.807) is 0 Å². The summed E-state index contributed by atoms with van der Waals surface area (Å²) in [4.78, 5) is 35.3. The molecule has 2 amide bonds. The highest BCUT2D eigenvalue weighted by molar-refractivity contribution is 5.98. The predicted molar refractivity (Wildman–Crippen MR) is 150 cm³/mol. The number of hydrogen-bond donors (Lipinski definition) is 4. The van der Waals surface area contributed by atoms with Crippen LogP contribution in [0.15, 0.2) is 54.7 Å².